The zero-order valence-electron chi connectivity index (χ0n) is 17.9. The Balaban J connectivity index is 1.62. The molecular formula is C24H25ClN2O5S. The molecule has 4 heterocycles. The number of carbonyl (C=O) groups is 3. The molecule has 1 unspecified atom stereocenters. The maximum absolute atomic E-state index is 14.0. The monoisotopic (exact) mass is 488 g/mol. The van der Waals surface area contributed by atoms with Crippen LogP contribution < -0.4 is 4.90 Å². The van der Waals surface area contributed by atoms with E-state index in [1.54, 1.807) is 23.1 Å². The van der Waals surface area contributed by atoms with Gasteiger partial charge in [0.2, 0.25) is 5.91 Å². The summed E-state index contributed by atoms with van der Waals surface area (Å²) in [5.74, 6) is -2.39. The van der Waals surface area contributed by atoms with Gasteiger partial charge in [-0.3, -0.25) is 14.4 Å². The Morgan fingerprint density at radius 1 is 1.18 bits per heavy atom. The molecule has 1 aromatic carbocycles. The predicted molar refractivity (Wildman–Crippen MR) is 126 cm³/mol. The Morgan fingerprint density at radius 3 is 2.79 bits per heavy atom. The van der Waals surface area contributed by atoms with Gasteiger partial charge >= 0.3 is 5.97 Å². The largest absolute Gasteiger partial charge is 0.465 e. The zero-order chi connectivity index (χ0) is 23.2. The number of rotatable bonds is 3. The molecule has 2 saturated heterocycles. The van der Waals surface area contributed by atoms with Crippen LogP contribution in [0.15, 0.2) is 48.6 Å². The maximum atomic E-state index is 14.0. The summed E-state index contributed by atoms with van der Waals surface area (Å²) in [4.78, 5) is 43.9. The molecule has 4 aliphatic heterocycles. The molecule has 1 spiro atoms. The van der Waals surface area contributed by atoms with Gasteiger partial charge in [-0.2, -0.15) is 0 Å². The van der Waals surface area contributed by atoms with Gasteiger partial charge in [-0.15, -0.1) is 11.8 Å². The second kappa shape index (κ2) is 8.81. The van der Waals surface area contributed by atoms with E-state index in [4.69, 9.17) is 16.3 Å². The second-order valence-electron chi connectivity index (χ2n) is 8.64. The summed E-state index contributed by atoms with van der Waals surface area (Å²) in [6.07, 6.45) is 9.37. The number of thioether (sulfide) groups is 1. The van der Waals surface area contributed by atoms with E-state index in [9.17, 15) is 19.5 Å². The molecule has 2 amide bonds. The SMILES string of the molecule is O=C1OCCC/C=C\[C@H]2S[C@]34C=CCN(c5ccccc5Cl)C(=O)C3N(CCO)C(=O)[C@@H]4[C@@H]12. The number of β-amino-alcohol motifs (C(OH)–C–C–N with tert-alkyl or cyclic N) is 1. The summed E-state index contributed by atoms with van der Waals surface area (Å²) in [7, 11) is 0. The van der Waals surface area contributed by atoms with Crippen LogP contribution in [0.1, 0.15) is 12.8 Å². The zero-order valence-corrected chi connectivity index (χ0v) is 19.5. The molecule has 0 aromatic heterocycles. The van der Waals surface area contributed by atoms with Gasteiger partial charge in [-0.1, -0.05) is 48.0 Å². The van der Waals surface area contributed by atoms with E-state index in [2.05, 4.69) is 0 Å². The number of cyclic esters (lactones) is 1. The van der Waals surface area contributed by atoms with E-state index in [0.29, 0.717) is 23.9 Å². The van der Waals surface area contributed by atoms with Crippen LogP contribution in [0.2, 0.25) is 5.02 Å². The molecule has 9 heteroatoms. The van der Waals surface area contributed by atoms with Crippen molar-refractivity contribution in [2.45, 2.75) is 28.9 Å². The van der Waals surface area contributed by atoms with E-state index in [1.807, 2.05) is 30.4 Å². The van der Waals surface area contributed by atoms with E-state index in [1.165, 1.54) is 16.7 Å². The van der Waals surface area contributed by atoms with Crippen molar-refractivity contribution >= 4 is 46.8 Å². The number of likely N-dealkylation sites (tertiary alicyclic amines) is 1. The predicted octanol–water partition coefficient (Wildman–Crippen LogP) is 2.43. The summed E-state index contributed by atoms with van der Waals surface area (Å²) in [6, 6.07) is 6.23. The van der Waals surface area contributed by atoms with Crippen LogP contribution in [0.5, 0.6) is 0 Å². The van der Waals surface area contributed by atoms with Crippen LogP contribution in [-0.2, 0) is 19.1 Å². The molecule has 33 heavy (non-hydrogen) atoms. The average Bonchev–Trinajstić information content (AvgIpc) is 3.20. The summed E-state index contributed by atoms with van der Waals surface area (Å²) >= 11 is 7.90. The highest BCUT2D eigenvalue weighted by atomic mass is 35.5. The number of anilines is 1. The number of fused-ring (bicyclic) bond motifs is 2. The normalized spacial score (nSPS) is 34.5. The van der Waals surface area contributed by atoms with E-state index >= 15 is 0 Å². The summed E-state index contributed by atoms with van der Waals surface area (Å²) in [5, 5.41) is 9.88. The van der Waals surface area contributed by atoms with Crippen molar-refractivity contribution in [3.8, 4) is 0 Å². The molecule has 0 aliphatic carbocycles. The molecule has 174 valence electrons. The number of esters is 1. The maximum Gasteiger partial charge on any atom is 0.311 e. The van der Waals surface area contributed by atoms with Crippen molar-refractivity contribution in [3.05, 3.63) is 53.6 Å². The summed E-state index contributed by atoms with van der Waals surface area (Å²) in [5.41, 5.74) is 0.565. The first-order valence-corrected chi connectivity index (χ1v) is 12.4. The lowest BCUT2D eigenvalue weighted by Crippen LogP contribution is -2.53. The Hall–Kier alpha value is -2.29. The number of aliphatic hydroxyl groups is 1. The van der Waals surface area contributed by atoms with Crippen LogP contribution in [-0.4, -0.2) is 70.1 Å². The smallest absolute Gasteiger partial charge is 0.311 e. The molecule has 1 N–H and O–H groups in total. The molecule has 5 atom stereocenters. The molecule has 2 fully saturated rings. The highest BCUT2D eigenvalue weighted by molar-refractivity contribution is 8.02. The summed E-state index contributed by atoms with van der Waals surface area (Å²) < 4.78 is 4.59. The Kier molecular flexibility index (Phi) is 6.01. The number of allylic oxidation sites excluding steroid dienone is 1. The number of hydrogen-bond acceptors (Lipinski definition) is 6. The van der Waals surface area contributed by atoms with Gasteiger partial charge in [0.25, 0.3) is 5.91 Å². The van der Waals surface area contributed by atoms with Crippen LogP contribution in [0.4, 0.5) is 5.69 Å². The van der Waals surface area contributed by atoms with Gasteiger partial charge < -0.3 is 19.6 Å². The number of ether oxygens (including phenoxy) is 1. The van der Waals surface area contributed by atoms with Crippen LogP contribution >= 0.6 is 23.4 Å². The number of halogens is 1. The minimum atomic E-state index is -0.933. The van der Waals surface area contributed by atoms with Crippen LogP contribution in [0.25, 0.3) is 0 Å². The van der Waals surface area contributed by atoms with Crippen molar-refractivity contribution < 1.29 is 24.2 Å². The van der Waals surface area contributed by atoms with Gasteiger partial charge in [0.05, 0.1) is 40.5 Å². The molecule has 4 aliphatic rings. The lowest BCUT2D eigenvalue weighted by Gasteiger charge is -2.35. The first kappa shape index (κ1) is 22.5. The van der Waals surface area contributed by atoms with E-state index in [-0.39, 0.29) is 30.2 Å². The van der Waals surface area contributed by atoms with Gasteiger partial charge in [0.1, 0.15) is 6.04 Å². The quantitative estimate of drug-likeness (QED) is 0.519. The minimum absolute atomic E-state index is 0.0144. The number of carbonyl (C=O) groups excluding carboxylic acids is 3. The van der Waals surface area contributed by atoms with Crippen LogP contribution in [0.3, 0.4) is 0 Å². The topological polar surface area (TPSA) is 87.2 Å². The van der Waals surface area contributed by atoms with Crippen molar-refractivity contribution in [3.63, 3.8) is 0 Å². The number of amides is 2. The number of hydrogen-bond donors (Lipinski definition) is 1. The van der Waals surface area contributed by atoms with Crippen LogP contribution in [0, 0.1) is 11.8 Å². The Labute approximate surface area is 201 Å². The second-order valence-corrected chi connectivity index (χ2v) is 10.5. The van der Waals surface area contributed by atoms with Gasteiger partial charge in [0, 0.05) is 18.3 Å². The van der Waals surface area contributed by atoms with Crippen molar-refractivity contribution in [2.24, 2.45) is 11.8 Å². The molecule has 0 radical (unpaired) electrons. The third-order valence-electron chi connectivity index (χ3n) is 6.84. The van der Waals surface area contributed by atoms with Gasteiger partial charge in [-0.05, 0) is 25.0 Å². The molecule has 7 nitrogen and oxygen atoms in total. The lowest BCUT2D eigenvalue weighted by molar-refractivity contribution is -0.153. The van der Waals surface area contributed by atoms with Gasteiger partial charge in [0.15, 0.2) is 0 Å². The molecule has 0 bridgehead atoms. The fourth-order valence-electron chi connectivity index (χ4n) is 5.49. The number of benzene rings is 1. The molecule has 1 aromatic rings. The number of para-hydroxylation sites is 1. The highest BCUT2D eigenvalue weighted by Gasteiger charge is 2.70. The molecule has 0 saturated carbocycles. The van der Waals surface area contributed by atoms with Crippen molar-refractivity contribution in [1.29, 1.82) is 0 Å². The van der Waals surface area contributed by atoms with E-state index in [0.717, 1.165) is 12.8 Å². The minimum Gasteiger partial charge on any atom is -0.465 e. The number of aliphatic hydroxyl groups excluding tert-OH is 1. The standard InChI is InChI=1S/C24H25ClN2O5S/c25-15-7-3-4-8-16(15)26-11-6-10-24-19(21(29)27(12-13-28)20(24)22(26)30)18-17(33-24)9-2-1-5-14-32-23(18)31/h2-4,6-10,17-20,28H,1,5,11-14H2/b9-2-/t17-,18+,19+,20?,24+/m1/s1. The number of nitrogens with zero attached hydrogens (tertiary/aromatic N) is 2. The van der Waals surface area contributed by atoms with E-state index < -0.39 is 28.6 Å². The first-order chi connectivity index (χ1) is 16.0. The summed E-state index contributed by atoms with van der Waals surface area (Å²) in [6.45, 7) is 0.340. The van der Waals surface area contributed by atoms with Crippen molar-refractivity contribution in [1.82, 2.24) is 4.90 Å². The molecule has 5 rings (SSSR count). The van der Waals surface area contributed by atoms with Gasteiger partial charge in [-0.25, -0.2) is 0 Å². The first-order valence-electron chi connectivity index (χ1n) is 11.2. The fraction of sp³-hybridized carbons (Fsp3) is 0.458. The fourth-order valence-corrected chi connectivity index (χ4v) is 7.73. The third-order valence-corrected chi connectivity index (χ3v) is 8.90. The lowest BCUT2D eigenvalue weighted by atomic mass is 9.78. The average molecular weight is 489 g/mol. The Bertz CT molecular complexity index is 1050. The highest BCUT2D eigenvalue weighted by Crippen LogP contribution is 2.60. The third kappa shape index (κ3) is 3.50. The van der Waals surface area contributed by atoms with Crippen molar-refractivity contribution in [2.75, 3.05) is 31.2 Å². The molecular weight excluding hydrogens is 464 g/mol. The Morgan fingerprint density at radius 2 is 2.00 bits per heavy atom.